The first-order valence-electron chi connectivity index (χ1n) is 4.73. The highest BCUT2D eigenvalue weighted by atomic mass is 16.2. The van der Waals surface area contributed by atoms with Crippen molar-refractivity contribution in [3.05, 3.63) is 18.4 Å². The summed E-state index contributed by atoms with van der Waals surface area (Å²) < 4.78 is 0. The van der Waals surface area contributed by atoms with Gasteiger partial charge in [0.05, 0.1) is 19.0 Å². The summed E-state index contributed by atoms with van der Waals surface area (Å²) >= 11 is 0. The van der Waals surface area contributed by atoms with Gasteiger partial charge < -0.3 is 0 Å². The molecular formula is C10H11N3O2. The molecule has 0 saturated carbocycles. The zero-order valence-electron chi connectivity index (χ0n) is 8.22. The lowest BCUT2D eigenvalue weighted by molar-refractivity contribution is -0.150. The van der Waals surface area contributed by atoms with Crippen LogP contribution in [0, 0.1) is 5.92 Å². The third-order valence-corrected chi connectivity index (χ3v) is 2.41. The van der Waals surface area contributed by atoms with Gasteiger partial charge in [0.2, 0.25) is 5.91 Å². The molecule has 15 heavy (non-hydrogen) atoms. The monoisotopic (exact) mass is 205 g/mol. The van der Waals surface area contributed by atoms with Crippen LogP contribution in [0.2, 0.25) is 0 Å². The Kier molecular flexibility index (Phi) is 2.39. The minimum atomic E-state index is -0.413. The highest BCUT2D eigenvalue weighted by molar-refractivity contribution is 6.04. The first-order valence-corrected chi connectivity index (χ1v) is 4.73. The molecule has 0 bridgehead atoms. The topological polar surface area (TPSA) is 53.0 Å². The van der Waals surface area contributed by atoms with Crippen LogP contribution in [-0.4, -0.2) is 41.3 Å². The fourth-order valence-corrected chi connectivity index (χ4v) is 1.71. The SMILES string of the molecule is C=C=CC1CC(=O)N(N2C=NCC2)C1=O. The van der Waals surface area contributed by atoms with Crippen LogP contribution in [0.1, 0.15) is 6.42 Å². The van der Waals surface area contributed by atoms with Crippen molar-refractivity contribution in [2.75, 3.05) is 13.1 Å². The Morgan fingerprint density at radius 2 is 2.40 bits per heavy atom. The second kappa shape index (κ2) is 3.71. The van der Waals surface area contributed by atoms with Gasteiger partial charge in [-0.3, -0.25) is 19.6 Å². The van der Waals surface area contributed by atoms with Crippen molar-refractivity contribution < 1.29 is 9.59 Å². The Morgan fingerprint density at radius 1 is 1.60 bits per heavy atom. The highest BCUT2D eigenvalue weighted by Crippen LogP contribution is 2.22. The summed E-state index contributed by atoms with van der Waals surface area (Å²) in [5, 5.41) is 2.72. The van der Waals surface area contributed by atoms with Crippen LogP contribution in [0.4, 0.5) is 0 Å². The molecule has 0 aliphatic carbocycles. The van der Waals surface area contributed by atoms with E-state index in [1.165, 1.54) is 12.4 Å². The zero-order chi connectivity index (χ0) is 10.8. The molecule has 2 aliphatic heterocycles. The van der Waals surface area contributed by atoms with E-state index >= 15 is 0 Å². The first-order chi connectivity index (χ1) is 7.24. The third kappa shape index (κ3) is 1.57. The van der Waals surface area contributed by atoms with Crippen molar-refractivity contribution in [1.82, 2.24) is 10.0 Å². The molecule has 5 heteroatoms. The van der Waals surface area contributed by atoms with Gasteiger partial charge in [-0.15, -0.1) is 5.73 Å². The number of hydrazine groups is 1. The van der Waals surface area contributed by atoms with Crippen molar-refractivity contribution in [2.45, 2.75) is 6.42 Å². The van der Waals surface area contributed by atoms with Gasteiger partial charge in [0, 0.05) is 6.42 Å². The maximum atomic E-state index is 11.8. The largest absolute Gasteiger partial charge is 0.272 e. The van der Waals surface area contributed by atoms with E-state index in [1.807, 2.05) is 0 Å². The van der Waals surface area contributed by atoms with Crippen LogP contribution in [-0.2, 0) is 9.59 Å². The predicted molar refractivity (Wildman–Crippen MR) is 53.7 cm³/mol. The van der Waals surface area contributed by atoms with Crippen LogP contribution >= 0.6 is 0 Å². The summed E-state index contributed by atoms with van der Waals surface area (Å²) in [5.41, 5.74) is 2.54. The summed E-state index contributed by atoms with van der Waals surface area (Å²) in [6, 6.07) is 0. The van der Waals surface area contributed by atoms with Crippen molar-refractivity contribution in [2.24, 2.45) is 10.9 Å². The number of imide groups is 1. The number of carbonyl (C=O) groups excluding carboxylic acids is 2. The van der Waals surface area contributed by atoms with E-state index in [0.29, 0.717) is 13.1 Å². The van der Waals surface area contributed by atoms with E-state index in [9.17, 15) is 9.59 Å². The number of aliphatic imine (C=N–C) groups is 1. The van der Waals surface area contributed by atoms with Crippen LogP contribution < -0.4 is 0 Å². The number of nitrogens with zero attached hydrogens (tertiary/aromatic N) is 3. The maximum Gasteiger partial charge on any atom is 0.256 e. The summed E-state index contributed by atoms with van der Waals surface area (Å²) in [7, 11) is 0. The molecule has 78 valence electrons. The van der Waals surface area contributed by atoms with Crippen molar-refractivity contribution in [3.63, 3.8) is 0 Å². The van der Waals surface area contributed by atoms with Gasteiger partial charge in [-0.2, -0.15) is 5.01 Å². The molecule has 0 spiro atoms. The van der Waals surface area contributed by atoms with Gasteiger partial charge in [-0.25, -0.2) is 0 Å². The van der Waals surface area contributed by atoms with Gasteiger partial charge >= 0.3 is 0 Å². The van der Waals surface area contributed by atoms with Crippen molar-refractivity contribution >= 4 is 18.2 Å². The lowest BCUT2D eigenvalue weighted by Gasteiger charge is -2.24. The van der Waals surface area contributed by atoms with Gasteiger partial charge in [0.1, 0.15) is 6.34 Å². The molecular weight excluding hydrogens is 194 g/mol. The predicted octanol–water partition coefficient (Wildman–Crippen LogP) is -0.0385. The Labute approximate surface area is 87.3 Å². The molecule has 2 aliphatic rings. The smallest absolute Gasteiger partial charge is 0.256 e. The van der Waals surface area contributed by atoms with E-state index in [4.69, 9.17) is 0 Å². The fourth-order valence-electron chi connectivity index (χ4n) is 1.71. The van der Waals surface area contributed by atoms with Crippen molar-refractivity contribution in [1.29, 1.82) is 0 Å². The summed E-state index contributed by atoms with van der Waals surface area (Å²) in [6.45, 7) is 4.61. The minimum Gasteiger partial charge on any atom is -0.272 e. The molecule has 0 N–H and O–H groups in total. The average molecular weight is 205 g/mol. The van der Waals surface area contributed by atoms with E-state index in [0.717, 1.165) is 5.01 Å². The van der Waals surface area contributed by atoms with E-state index in [-0.39, 0.29) is 18.2 Å². The number of carbonyl (C=O) groups is 2. The Balaban J connectivity index is 2.19. The lowest BCUT2D eigenvalue weighted by Crippen LogP contribution is -2.44. The highest BCUT2D eigenvalue weighted by Gasteiger charge is 2.40. The number of hydrogen-bond donors (Lipinski definition) is 0. The molecule has 0 radical (unpaired) electrons. The minimum absolute atomic E-state index is 0.190. The van der Waals surface area contributed by atoms with Crippen LogP contribution in [0.25, 0.3) is 0 Å². The molecule has 1 fully saturated rings. The standard InChI is InChI=1S/C10H11N3O2/c1-2-3-8-6-9(14)13(10(8)15)12-5-4-11-7-12/h3,7-8H,1,4-6H2. The number of amides is 2. The number of rotatable bonds is 2. The summed E-state index contributed by atoms with van der Waals surface area (Å²) in [4.78, 5) is 27.4. The Bertz CT molecular complexity index is 382. The maximum absolute atomic E-state index is 11.8. The molecule has 1 saturated heterocycles. The zero-order valence-corrected chi connectivity index (χ0v) is 8.22. The molecule has 1 unspecified atom stereocenters. The summed E-state index contributed by atoms with van der Waals surface area (Å²) in [6.07, 6.45) is 3.26. The molecule has 2 rings (SSSR count). The second-order valence-corrected chi connectivity index (χ2v) is 3.41. The molecule has 0 aromatic carbocycles. The van der Waals surface area contributed by atoms with Gasteiger partial charge in [0.25, 0.3) is 5.91 Å². The Hall–Kier alpha value is -1.87. The van der Waals surface area contributed by atoms with Crippen molar-refractivity contribution in [3.8, 4) is 0 Å². The van der Waals surface area contributed by atoms with Crippen LogP contribution in [0.3, 0.4) is 0 Å². The van der Waals surface area contributed by atoms with Gasteiger partial charge in [0.15, 0.2) is 0 Å². The molecule has 5 nitrogen and oxygen atoms in total. The van der Waals surface area contributed by atoms with Crippen LogP contribution in [0.5, 0.6) is 0 Å². The van der Waals surface area contributed by atoms with E-state index in [2.05, 4.69) is 17.3 Å². The molecule has 1 atom stereocenters. The van der Waals surface area contributed by atoms with E-state index in [1.54, 1.807) is 5.01 Å². The van der Waals surface area contributed by atoms with Crippen LogP contribution in [0.15, 0.2) is 23.4 Å². The third-order valence-electron chi connectivity index (χ3n) is 2.41. The molecule has 2 amide bonds. The number of hydrogen-bond acceptors (Lipinski definition) is 4. The molecule has 2 heterocycles. The summed E-state index contributed by atoms with van der Waals surface area (Å²) in [5.74, 6) is -0.821. The quantitative estimate of drug-likeness (QED) is 0.469. The molecule has 0 aromatic heterocycles. The second-order valence-electron chi connectivity index (χ2n) is 3.41. The lowest BCUT2D eigenvalue weighted by atomic mass is 10.1. The Morgan fingerprint density at radius 3 is 3.00 bits per heavy atom. The normalized spacial score (nSPS) is 24.9. The van der Waals surface area contributed by atoms with Gasteiger partial charge in [-0.1, -0.05) is 6.58 Å². The average Bonchev–Trinajstić information content (AvgIpc) is 2.77. The van der Waals surface area contributed by atoms with Gasteiger partial charge in [-0.05, 0) is 6.08 Å². The van der Waals surface area contributed by atoms with E-state index < -0.39 is 5.92 Å². The molecule has 0 aromatic rings. The fraction of sp³-hybridized carbons (Fsp3) is 0.400. The first kappa shape index (κ1) is 9.68.